The molecular formula is C13H17NO3S2. The molecule has 1 heterocycles. The van der Waals surface area contributed by atoms with Crippen LogP contribution in [0.15, 0.2) is 34.1 Å². The first-order valence-electron chi connectivity index (χ1n) is 5.63. The van der Waals surface area contributed by atoms with Crippen LogP contribution in [0.1, 0.15) is 16.7 Å². The number of hydrogen-bond donors (Lipinski definition) is 0. The van der Waals surface area contributed by atoms with Crippen molar-refractivity contribution in [3.63, 3.8) is 0 Å². The SMILES string of the molecule is C[n+]1ccsc1.Cc1cc(C)c(S(=O)(=O)[O-])c(C)c1. The van der Waals surface area contributed by atoms with Gasteiger partial charge >= 0.3 is 0 Å². The van der Waals surface area contributed by atoms with Gasteiger partial charge in [0.1, 0.15) is 17.2 Å². The Bertz CT molecular complexity index is 624. The fraction of sp³-hybridized carbons (Fsp3) is 0.308. The van der Waals surface area contributed by atoms with Crippen LogP contribution < -0.4 is 4.57 Å². The Labute approximate surface area is 118 Å². The van der Waals surface area contributed by atoms with Crippen molar-refractivity contribution in [1.29, 1.82) is 0 Å². The van der Waals surface area contributed by atoms with E-state index >= 15 is 0 Å². The average Bonchev–Trinajstić information content (AvgIpc) is 2.65. The lowest BCUT2D eigenvalue weighted by Gasteiger charge is -2.14. The second kappa shape index (κ2) is 6.27. The van der Waals surface area contributed by atoms with E-state index in [1.807, 2.05) is 35.6 Å². The highest BCUT2D eigenvalue weighted by Crippen LogP contribution is 2.20. The van der Waals surface area contributed by atoms with Gasteiger partial charge in [-0.15, -0.1) is 0 Å². The maximum Gasteiger partial charge on any atom is 0.224 e. The standard InChI is InChI=1S/C9H12O3S.C4H6NS/c1-6-4-7(2)9(8(3)5-6)13(10,11)12;1-5-2-3-6-4-5/h4-5H,1-3H3,(H,10,11,12);2-4H,1H3/q;+1/p-1. The molecule has 1 aromatic heterocycles. The Morgan fingerprint density at radius 1 is 1.16 bits per heavy atom. The van der Waals surface area contributed by atoms with Gasteiger partial charge < -0.3 is 4.55 Å². The van der Waals surface area contributed by atoms with E-state index in [4.69, 9.17) is 0 Å². The molecule has 0 spiro atoms. The lowest BCUT2D eigenvalue weighted by molar-refractivity contribution is -0.666. The molecule has 1 aromatic carbocycles. The van der Waals surface area contributed by atoms with Crippen LogP contribution in [0.3, 0.4) is 0 Å². The molecule has 0 aliphatic rings. The van der Waals surface area contributed by atoms with Gasteiger partial charge in [-0.25, -0.2) is 8.42 Å². The third-order valence-electron chi connectivity index (χ3n) is 2.46. The van der Waals surface area contributed by atoms with Crippen molar-refractivity contribution >= 4 is 21.5 Å². The molecule has 104 valence electrons. The second-order valence-corrected chi connectivity index (χ2v) is 6.45. The number of benzene rings is 1. The number of rotatable bonds is 1. The highest BCUT2D eigenvalue weighted by atomic mass is 32.2. The summed E-state index contributed by atoms with van der Waals surface area (Å²) in [7, 11) is -2.32. The monoisotopic (exact) mass is 299 g/mol. The minimum absolute atomic E-state index is 0.0851. The lowest BCUT2D eigenvalue weighted by atomic mass is 10.1. The largest absolute Gasteiger partial charge is 0.744 e. The summed E-state index contributed by atoms with van der Waals surface area (Å²) in [4.78, 5) is -0.0851. The van der Waals surface area contributed by atoms with Crippen LogP contribution >= 0.6 is 11.3 Å². The van der Waals surface area contributed by atoms with Gasteiger partial charge in [0.25, 0.3) is 0 Å². The van der Waals surface area contributed by atoms with E-state index in [0.29, 0.717) is 11.1 Å². The van der Waals surface area contributed by atoms with Crippen molar-refractivity contribution in [3.05, 3.63) is 45.9 Å². The van der Waals surface area contributed by atoms with Crippen molar-refractivity contribution in [2.45, 2.75) is 25.7 Å². The molecule has 19 heavy (non-hydrogen) atoms. The number of hydrogen-bond acceptors (Lipinski definition) is 4. The summed E-state index contributed by atoms with van der Waals surface area (Å²) in [6.45, 7) is 5.12. The molecule has 0 bridgehead atoms. The molecule has 0 fully saturated rings. The molecule has 0 amide bonds. The van der Waals surface area contributed by atoms with Crippen molar-refractivity contribution in [2.24, 2.45) is 7.05 Å². The van der Waals surface area contributed by atoms with Crippen LogP contribution in [-0.4, -0.2) is 13.0 Å². The van der Waals surface area contributed by atoms with Crippen molar-refractivity contribution < 1.29 is 17.5 Å². The zero-order valence-corrected chi connectivity index (χ0v) is 13.0. The Balaban J connectivity index is 0.000000250. The van der Waals surface area contributed by atoms with E-state index in [-0.39, 0.29) is 4.90 Å². The highest BCUT2D eigenvalue weighted by Gasteiger charge is 2.09. The van der Waals surface area contributed by atoms with Crippen LogP contribution in [0, 0.1) is 20.8 Å². The average molecular weight is 299 g/mol. The second-order valence-electron chi connectivity index (χ2n) is 4.37. The Morgan fingerprint density at radius 2 is 1.68 bits per heavy atom. The third-order valence-corrected chi connectivity index (χ3v) is 4.33. The normalized spacial score (nSPS) is 10.8. The van der Waals surface area contributed by atoms with Gasteiger partial charge in [0.05, 0.1) is 10.3 Å². The lowest BCUT2D eigenvalue weighted by Crippen LogP contribution is -2.21. The third kappa shape index (κ3) is 4.74. The topological polar surface area (TPSA) is 61.1 Å². The van der Waals surface area contributed by atoms with Crippen LogP contribution in [0.25, 0.3) is 0 Å². The summed E-state index contributed by atoms with van der Waals surface area (Å²) in [5.74, 6) is 0. The van der Waals surface area contributed by atoms with E-state index in [1.165, 1.54) is 0 Å². The van der Waals surface area contributed by atoms with Crippen LogP contribution in [0.4, 0.5) is 0 Å². The van der Waals surface area contributed by atoms with Gasteiger partial charge in [0.15, 0.2) is 6.20 Å². The zero-order chi connectivity index (χ0) is 14.6. The molecule has 0 aliphatic carbocycles. The Kier molecular flexibility index (Phi) is 5.22. The van der Waals surface area contributed by atoms with Crippen molar-refractivity contribution in [2.75, 3.05) is 0 Å². The number of thiazole rings is 1. The van der Waals surface area contributed by atoms with Crippen molar-refractivity contribution in [3.8, 4) is 0 Å². The van der Waals surface area contributed by atoms with E-state index in [9.17, 15) is 13.0 Å². The fourth-order valence-electron chi connectivity index (χ4n) is 1.86. The van der Waals surface area contributed by atoms with E-state index in [0.717, 1.165) is 5.56 Å². The summed E-state index contributed by atoms with van der Waals surface area (Å²) >= 11 is 1.70. The Hall–Kier alpha value is -1.24. The molecular weight excluding hydrogens is 282 g/mol. The van der Waals surface area contributed by atoms with Gasteiger partial charge in [-0.1, -0.05) is 29.0 Å². The summed E-state index contributed by atoms with van der Waals surface area (Å²) in [5, 5.41) is 2.04. The number of aromatic nitrogens is 1. The quantitative estimate of drug-likeness (QED) is 0.598. The van der Waals surface area contributed by atoms with Crippen LogP contribution in [-0.2, 0) is 17.2 Å². The van der Waals surface area contributed by atoms with Crippen LogP contribution in [0.2, 0.25) is 0 Å². The minimum atomic E-state index is -4.33. The van der Waals surface area contributed by atoms with Gasteiger partial charge in [-0.3, -0.25) is 0 Å². The van der Waals surface area contributed by atoms with Gasteiger partial charge in [0.2, 0.25) is 5.51 Å². The van der Waals surface area contributed by atoms with E-state index < -0.39 is 10.1 Å². The fourth-order valence-corrected chi connectivity index (χ4v) is 3.36. The zero-order valence-electron chi connectivity index (χ0n) is 11.4. The minimum Gasteiger partial charge on any atom is -0.744 e. The predicted molar refractivity (Wildman–Crippen MR) is 74.1 cm³/mol. The summed E-state index contributed by atoms with van der Waals surface area (Å²) < 4.78 is 34.5. The number of aryl methyl sites for hydroxylation is 4. The first-order chi connectivity index (χ1) is 8.71. The molecule has 0 radical (unpaired) electrons. The van der Waals surface area contributed by atoms with Crippen LogP contribution in [0.5, 0.6) is 0 Å². The van der Waals surface area contributed by atoms with Gasteiger partial charge in [-0.05, 0) is 31.9 Å². The molecule has 0 saturated heterocycles. The maximum absolute atomic E-state index is 10.8. The molecule has 4 nitrogen and oxygen atoms in total. The maximum atomic E-state index is 10.8. The first kappa shape index (κ1) is 15.8. The molecule has 0 aliphatic heterocycles. The molecule has 0 saturated carbocycles. The molecule has 2 rings (SSSR count). The molecule has 6 heteroatoms. The summed E-state index contributed by atoms with van der Waals surface area (Å²) in [6, 6.07) is 3.38. The highest BCUT2D eigenvalue weighted by molar-refractivity contribution is 7.85. The molecule has 0 unspecified atom stereocenters. The molecule has 0 N–H and O–H groups in total. The summed E-state index contributed by atoms with van der Waals surface area (Å²) in [5.41, 5.74) is 4.04. The molecule has 0 atom stereocenters. The smallest absolute Gasteiger partial charge is 0.224 e. The summed E-state index contributed by atoms with van der Waals surface area (Å²) in [6.07, 6.45) is 2.02. The predicted octanol–water partition coefficient (Wildman–Crippen LogP) is 2.09. The van der Waals surface area contributed by atoms with E-state index in [2.05, 4.69) is 0 Å². The number of nitrogens with zero attached hydrogens (tertiary/aromatic N) is 1. The van der Waals surface area contributed by atoms with Crippen molar-refractivity contribution in [1.82, 2.24) is 0 Å². The van der Waals surface area contributed by atoms with E-state index in [1.54, 1.807) is 37.3 Å². The van der Waals surface area contributed by atoms with Gasteiger partial charge in [-0.2, -0.15) is 4.57 Å². The van der Waals surface area contributed by atoms with Gasteiger partial charge in [0, 0.05) is 0 Å². The molecule has 2 aromatic rings. The first-order valence-corrected chi connectivity index (χ1v) is 7.98. The Morgan fingerprint density at radius 3 is 1.95 bits per heavy atom.